The molecule has 6 heteroatoms. The topological polar surface area (TPSA) is 41.9 Å². The lowest BCUT2D eigenvalue weighted by Gasteiger charge is -2.08. The highest BCUT2D eigenvalue weighted by Gasteiger charge is 2.08. The maximum absolute atomic E-state index is 13.7. The molecule has 0 atom stereocenters. The molecule has 0 saturated carbocycles. The Labute approximate surface area is 135 Å². The molecule has 1 heterocycles. The highest BCUT2D eigenvalue weighted by atomic mass is 32.1. The van der Waals surface area contributed by atoms with Gasteiger partial charge in [-0.1, -0.05) is 31.5 Å². The van der Waals surface area contributed by atoms with Gasteiger partial charge in [0.25, 0.3) is 0 Å². The van der Waals surface area contributed by atoms with Gasteiger partial charge in [-0.2, -0.15) is 5.10 Å². The monoisotopic (exact) mass is 320 g/mol. The van der Waals surface area contributed by atoms with E-state index in [1.807, 2.05) is 19.1 Å². The molecule has 4 nitrogen and oxygen atoms in total. The first-order valence-electron chi connectivity index (χ1n) is 7.43. The number of benzene rings is 1. The van der Waals surface area contributed by atoms with Crippen LogP contribution in [-0.2, 0) is 6.54 Å². The van der Waals surface area contributed by atoms with Crippen molar-refractivity contribution in [1.29, 1.82) is 0 Å². The quantitative estimate of drug-likeness (QED) is 0.632. The minimum Gasteiger partial charge on any atom is -0.362 e. The Morgan fingerprint density at radius 1 is 1.36 bits per heavy atom. The molecule has 0 aliphatic heterocycles. The number of anilines is 1. The summed E-state index contributed by atoms with van der Waals surface area (Å²) < 4.78 is 15.5. The average molecular weight is 320 g/mol. The molecular formula is C16H21FN4S. The summed E-state index contributed by atoms with van der Waals surface area (Å²) in [6.07, 6.45) is 2.19. The second kappa shape index (κ2) is 7.89. The van der Waals surface area contributed by atoms with Crippen molar-refractivity contribution in [2.45, 2.75) is 33.2 Å². The van der Waals surface area contributed by atoms with Crippen LogP contribution in [0.3, 0.4) is 0 Å². The Bertz CT molecular complexity index is 639. The maximum atomic E-state index is 13.7. The first kappa shape index (κ1) is 16.4. The van der Waals surface area contributed by atoms with Crippen molar-refractivity contribution in [1.82, 2.24) is 15.1 Å². The zero-order valence-electron chi connectivity index (χ0n) is 12.9. The van der Waals surface area contributed by atoms with Gasteiger partial charge in [0.1, 0.15) is 5.82 Å². The van der Waals surface area contributed by atoms with E-state index in [0.29, 0.717) is 23.0 Å². The summed E-state index contributed by atoms with van der Waals surface area (Å²) in [4.78, 5) is 0. The maximum Gasteiger partial charge on any atom is 0.171 e. The predicted octanol–water partition coefficient (Wildman–Crippen LogP) is 3.47. The van der Waals surface area contributed by atoms with Gasteiger partial charge in [0.05, 0.1) is 6.54 Å². The Kier molecular flexibility index (Phi) is 5.89. The van der Waals surface area contributed by atoms with Crippen LogP contribution in [0.5, 0.6) is 0 Å². The molecule has 2 aromatic rings. The number of aromatic nitrogens is 2. The third-order valence-corrected chi connectivity index (χ3v) is 3.56. The summed E-state index contributed by atoms with van der Waals surface area (Å²) in [7, 11) is 0. The standard InChI is InChI=1S/C16H21FN4S/c1-3-4-9-18-16(22)19-15-10-12(2)21(20-15)11-13-7-5-6-8-14(13)17/h5-8,10H,3-4,9,11H2,1-2H3,(H2,18,19,20,22). The van der Waals surface area contributed by atoms with Crippen molar-refractivity contribution in [3.05, 3.63) is 47.4 Å². The van der Waals surface area contributed by atoms with Crippen LogP contribution in [0.1, 0.15) is 31.0 Å². The molecule has 2 N–H and O–H groups in total. The molecule has 2 rings (SSSR count). The minimum absolute atomic E-state index is 0.219. The molecule has 1 aromatic heterocycles. The van der Waals surface area contributed by atoms with Crippen LogP contribution in [-0.4, -0.2) is 21.4 Å². The number of rotatable bonds is 6. The molecule has 0 radical (unpaired) electrons. The lowest BCUT2D eigenvalue weighted by molar-refractivity contribution is 0.581. The predicted molar refractivity (Wildman–Crippen MR) is 91.6 cm³/mol. The molecule has 0 aliphatic carbocycles. The second-order valence-corrected chi connectivity index (χ2v) is 5.56. The molecule has 0 unspecified atom stereocenters. The van der Waals surface area contributed by atoms with Gasteiger partial charge in [-0.05, 0) is 31.6 Å². The number of nitrogens with one attached hydrogen (secondary N) is 2. The summed E-state index contributed by atoms with van der Waals surface area (Å²) in [6, 6.07) is 8.63. The fourth-order valence-corrected chi connectivity index (χ4v) is 2.27. The molecule has 0 amide bonds. The van der Waals surface area contributed by atoms with E-state index in [0.717, 1.165) is 25.1 Å². The van der Waals surface area contributed by atoms with Gasteiger partial charge >= 0.3 is 0 Å². The van der Waals surface area contributed by atoms with Crippen LogP contribution in [0.25, 0.3) is 0 Å². The third kappa shape index (κ3) is 4.53. The van der Waals surface area contributed by atoms with E-state index in [4.69, 9.17) is 12.2 Å². The Balaban J connectivity index is 1.99. The van der Waals surface area contributed by atoms with Crippen LogP contribution >= 0.6 is 12.2 Å². The van der Waals surface area contributed by atoms with E-state index in [9.17, 15) is 4.39 Å². The molecule has 1 aromatic carbocycles. The average Bonchev–Trinajstić information content (AvgIpc) is 2.81. The number of hydrogen-bond donors (Lipinski definition) is 2. The van der Waals surface area contributed by atoms with Crippen molar-refractivity contribution in [2.24, 2.45) is 0 Å². The van der Waals surface area contributed by atoms with Crippen molar-refractivity contribution >= 4 is 23.1 Å². The first-order valence-corrected chi connectivity index (χ1v) is 7.83. The van der Waals surface area contributed by atoms with Gasteiger partial charge in [0.15, 0.2) is 10.9 Å². The van der Waals surface area contributed by atoms with Crippen LogP contribution in [0, 0.1) is 12.7 Å². The van der Waals surface area contributed by atoms with Crippen molar-refractivity contribution in [2.75, 3.05) is 11.9 Å². The molecular weight excluding hydrogens is 299 g/mol. The van der Waals surface area contributed by atoms with Crippen LogP contribution < -0.4 is 10.6 Å². The highest BCUT2D eigenvalue weighted by Crippen LogP contribution is 2.13. The van der Waals surface area contributed by atoms with Gasteiger partial charge in [-0.25, -0.2) is 4.39 Å². The number of aryl methyl sites for hydroxylation is 1. The summed E-state index contributed by atoms with van der Waals surface area (Å²) >= 11 is 5.22. The Morgan fingerprint density at radius 2 is 2.14 bits per heavy atom. The fourth-order valence-electron chi connectivity index (χ4n) is 2.06. The second-order valence-electron chi connectivity index (χ2n) is 5.15. The summed E-state index contributed by atoms with van der Waals surface area (Å²) in [5.41, 5.74) is 1.56. The summed E-state index contributed by atoms with van der Waals surface area (Å²) in [5.74, 6) is 0.450. The van der Waals surface area contributed by atoms with E-state index in [1.165, 1.54) is 6.07 Å². The van der Waals surface area contributed by atoms with Crippen molar-refractivity contribution < 1.29 is 4.39 Å². The smallest absolute Gasteiger partial charge is 0.171 e. The van der Waals surface area contributed by atoms with Gasteiger partial charge in [0.2, 0.25) is 0 Å². The molecule has 0 fully saturated rings. The molecule has 0 saturated heterocycles. The number of thiocarbonyl (C=S) groups is 1. The van der Waals surface area contributed by atoms with E-state index in [2.05, 4.69) is 22.7 Å². The zero-order chi connectivity index (χ0) is 15.9. The highest BCUT2D eigenvalue weighted by molar-refractivity contribution is 7.80. The third-order valence-electron chi connectivity index (χ3n) is 3.32. The Hall–Kier alpha value is -1.95. The van der Waals surface area contributed by atoms with Crippen LogP contribution in [0.15, 0.2) is 30.3 Å². The normalized spacial score (nSPS) is 10.5. The molecule has 118 valence electrons. The Morgan fingerprint density at radius 3 is 2.86 bits per heavy atom. The van der Waals surface area contributed by atoms with Gasteiger partial charge in [-0.15, -0.1) is 0 Å². The van der Waals surface area contributed by atoms with E-state index in [1.54, 1.807) is 16.8 Å². The summed E-state index contributed by atoms with van der Waals surface area (Å²) in [5, 5.41) is 11.2. The fraction of sp³-hybridized carbons (Fsp3) is 0.375. The van der Waals surface area contributed by atoms with Crippen molar-refractivity contribution in [3.63, 3.8) is 0 Å². The SMILES string of the molecule is CCCCNC(=S)Nc1cc(C)n(Cc2ccccc2F)n1. The van der Waals surface area contributed by atoms with Gasteiger partial charge in [0, 0.05) is 23.9 Å². The number of halogens is 1. The first-order chi connectivity index (χ1) is 10.6. The minimum atomic E-state index is -0.219. The molecule has 0 spiro atoms. The molecule has 0 aliphatic rings. The van der Waals surface area contributed by atoms with Gasteiger partial charge < -0.3 is 10.6 Å². The number of nitrogens with zero attached hydrogens (tertiary/aromatic N) is 2. The van der Waals surface area contributed by atoms with Gasteiger partial charge in [-0.3, -0.25) is 4.68 Å². The van der Waals surface area contributed by atoms with E-state index in [-0.39, 0.29) is 5.82 Å². The lowest BCUT2D eigenvalue weighted by Crippen LogP contribution is -2.29. The van der Waals surface area contributed by atoms with Crippen LogP contribution in [0.2, 0.25) is 0 Å². The lowest BCUT2D eigenvalue weighted by atomic mass is 10.2. The van der Waals surface area contributed by atoms with E-state index >= 15 is 0 Å². The zero-order valence-corrected chi connectivity index (χ0v) is 13.7. The van der Waals surface area contributed by atoms with Crippen LogP contribution in [0.4, 0.5) is 10.2 Å². The van der Waals surface area contributed by atoms with E-state index < -0.39 is 0 Å². The molecule has 22 heavy (non-hydrogen) atoms. The number of unbranched alkanes of at least 4 members (excludes halogenated alkanes) is 1. The van der Waals surface area contributed by atoms with Crippen molar-refractivity contribution in [3.8, 4) is 0 Å². The number of hydrogen-bond acceptors (Lipinski definition) is 2. The summed E-state index contributed by atoms with van der Waals surface area (Å²) in [6.45, 7) is 5.31. The largest absolute Gasteiger partial charge is 0.362 e. The molecule has 0 bridgehead atoms.